The Bertz CT molecular complexity index is 479. The van der Waals surface area contributed by atoms with Crippen molar-refractivity contribution in [2.75, 3.05) is 13.1 Å². The minimum Gasteiger partial charge on any atom is -0.478 e. The first-order chi connectivity index (χ1) is 8.54. The van der Waals surface area contributed by atoms with Crippen molar-refractivity contribution in [2.45, 2.75) is 6.54 Å². The number of carboxylic acids is 1. The summed E-state index contributed by atoms with van der Waals surface area (Å²) < 4.78 is 0. The van der Waals surface area contributed by atoms with Gasteiger partial charge in [0.05, 0.1) is 18.7 Å². The van der Waals surface area contributed by atoms with Gasteiger partial charge in [-0.3, -0.25) is 19.8 Å². The molecule has 1 heterocycles. The van der Waals surface area contributed by atoms with E-state index in [0.29, 0.717) is 6.54 Å². The Labute approximate surface area is 103 Å². The van der Waals surface area contributed by atoms with Crippen LogP contribution in [0, 0.1) is 0 Å². The van der Waals surface area contributed by atoms with Crippen molar-refractivity contribution < 1.29 is 19.5 Å². The Morgan fingerprint density at radius 1 is 1.17 bits per heavy atom. The van der Waals surface area contributed by atoms with Crippen LogP contribution in [0.25, 0.3) is 0 Å². The van der Waals surface area contributed by atoms with E-state index >= 15 is 0 Å². The van der Waals surface area contributed by atoms with Gasteiger partial charge in [0.1, 0.15) is 0 Å². The Morgan fingerprint density at radius 2 is 1.72 bits per heavy atom. The Kier molecular flexibility index (Phi) is 3.38. The minimum atomic E-state index is -0.978. The van der Waals surface area contributed by atoms with Crippen LogP contribution in [0.5, 0.6) is 0 Å². The first-order valence-electron chi connectivity index (χ1n) is 5.42. The van der Waals surface area contributed by atoms with Crippen molar-refractivity contribution in [3.05, 3.63) is 35.4 Å². The van der Waals surface area contributed by atoms with E-state index in [4.69, 9.17) is 5.11 Å². The van der Waals surface area contributed by atoms with Crippen LogP contribution in [0.2, 0.25) is 0 Å². The first kappa shape index (κ1) is 12.3. The summed E-state index contributed by atoms with van der Waals surface area (Å²) in [4.78, 5) is 34.7. The Morgan fingerprint density at radius 3 is 2.22 bits per heavy atom. The van der Waals surface area contributed by atoms with E-state index in [1.54, 1.807) is 17.0 Å². The lowest BCUT2D eigenvalue weighted by molar-refractivity contribution is -0.136. The van der Waals surface area contributed by atoms with Crippen LogP contribution in [0.1, 0.15) is 15.9 Å². The standard InChI is InChI=1S/C12H12N2O4/c15-10-6-14(7-11(16)13-10)5-8-1-3-9(4-2-8)12(17)18/h1-4H,5-7H2,(H,17,18)(H,13,15,16). The van der Waals surface area contributed by atoms with Gasteiger partial charge in [-0.25, -0.2) is 4.79 Å². The molecule has 1 aromatic rings. The van der Waals surface area contributed by atoms with Crippen LogP contribution >= 0.6 is 0 Å². The van der Waals surface area contributed by atoms with E-state index in [-0.39, 0.29) is 30.5 Å². The highest BCUT2D eigenvalue weighted by Crippen LogP contribution is 2.08. The number of hydrogen-bond donors (Lipinski definition) is 2. The number of carboxylic acid groups (broad SMARTS) is 1. The van der Waals surface area contributed by atoms with E-state index in [1.807, 2.05) is 0 Å². The minimum absolute atomic E-state index is 0.173. The fourth-order valence-electron chi connectivity index (χ4n) is 1.82. The van der Waals surface area contributed by atoms with Crippen LogP contribution < -0.4 is 5.32 Å². The third-order valence-electron chi connectivity index (χ3n) is 2.62. The van der Waals surface area contributed by atoms with E-state index < -0.39 is 5.97 Å². The number of amides is 2. The van der Waals surface area contributed by atoms with Crippen molar-refractivity contribution in [1.29, 1.82) is 0 Å². The molecule has 0 radical (unpaired) electrons. The van der Waals surface area contributed by atoms with Crippen molar-refractivity contribution in [2.24, 2.45) is 0 Å². The number of hydrogen-bond acceptors (Lipinski definition) is 4. The maximum absolute atomic E-state index is 11.2. The molecule has 2 rings (SSSR count). The second kappa shape index (κ2) is 4.97. The number of piperazine rings is 1. The quantitative estimate of drug-likeness (QED) is 0.726. The molecular weight excluding hydrogens is 236 g/mol. The summed E-state index contributed by atoms with van der Waals surface area (Å²) in [6.07, 6.45) is 0. The zero-order valence-corrected chi connectivity index (χ0v) is 9.55. The monoisotopic (exact) mass is 248 g/mol. The summed E-state index contributed by atoms with van der Waals surface area (Å²) in [5.74, 6) is -1.60. The summed E-state index contributed by atoms with van der Waals surface area (Å²) >= 11 is 0. The van der Waals surface area contributed by atoms with E-state index in [1.165, 1.54) is 12.1 Å². The number of nitrogens with zero attached hydrogens (tertiary/aromatic N) is 1. The maximum Gasteiger partial charge on any atom is 0.335 e. The summed E-state index contributed by atoms with van der Waals surface area (Å²) in [5.41, 5.74) is 1.08. The highest BCUT2D eigenvalue weighted by Gasteiger charge is 2.22. The number of imide groups is 1. The van der Waals surface area contributed by atoms with Crippen LogP contribution in [0.4, 0.5) is 0 Å². The number of carbonyl (C=O) groups excluding carboxylic acids is 2. The number of nitrogens with one attached hydrogen (secondary N) is 1. The summed E-state index contributed by atoms with van der Waals surface area (Å²) in [6.45, 7) is 0.790. The second-order valence-corrected chi connectivity index (χ2v) is 4.12. The number of rotatable bonds is 3. The second-order valence-electron chi connectivity index (χ2n) is 4.12. The molecule has 1 fully saturated rings. The Balaban J connectivity index is 2.02. The van der Waals surface area contributed by atoms with Crippen LogP contribution in [0.3, 0.4) is 0 Å². The van der Waals surface area contributed by atoms with E-state index in [9.17, 15) is 14.4 Å². The molecule has 94 valence electrons. The molecule has 0 aliphatic carbocycles. The van der Waals surface area contributed by atoms with Gasteiger partial charge >= 0.3 is 5.97 Å². The van der Waals surface area contributed by atoms with E-state index in [2.05, 4.69) is 5.32 Å². The van der Waals surface area contributed by atoms with Gasteiger partial charge in [0.25, 0.3) is 0 Å². The summed E-state index contributed by atoms with van der Waals surface area (Å²) in [5, 5.41) is 11.0. The van der Waals surface area contributed by atoms with Crippen molar-refractivity contribution in [3.8, 4) is 0 Å². The maximum atomic E-state index is 11.2. The third kappa shape index (κ3) is 2.92. The molecule has 18 heavy (non-hydrogen) atoms. The topological polar surface area (TPSA) is 86.7 Å². The number of carbonyl (C=O) groups is 3. The molecule has 1 aliphatic heterocycles. The molecule has 0 saturated carbocycles. The van der Waals surface area contributed by atoms with Crippen LogP contribution in [-0.4, -0.2) is 40.9 Å². The van der Waals surface area contributed by atoms with Gasteiger partial charge in [0, 0.05) is 6.54 Å². The zero-order chi connectivity index (χ0) is 13.1. The van der Waals surface area contributed by atoms with Crippen LogP contribution in [0.15, 0.2) is 24.3 Å². The van der Waals surface area contributed by atoms with Gasteiger partial charge in [0.2, 0.25) is 11.8 Å². The van der Waals surface area contributed by atoms with E-state index in [0.717, 1.165) is 5.56 Å². The fraction of sp³-hybridized carbons (Fsp3) is 0.250. The van der Waals surface area contributed by atoms with Crippen LogP contribution in [-0.2, 0) is 16.1 Å². The predicted octanol–water partition coefficient (Wildman–Crippen LogP) is -0.157. The molecule has 6 heteroatoms. The van der Waals surface area contributed by atoms with Gasteiger partial charge in [0.15, 0.2) is 0 Å². The molecule has 0 spiro atoms. The van der Waals surface area contributed by atoms with Gasteiger partial charge < -0.3 is 5.11 Å². The smallest absolute Gasteiger partial charge is 0.335 e. The highest BCUT2D eigenvalue weighted by molar-refractivity contribution is 5.99. The first-order valence-corrected chi connectivity index (χ1v) is 5.42. The molecule has 1 saturated heterocycles. The molecule has 1 aromatic carbocycles. The zero-order valence-electron chi connectivity index (χ0n) is 9.55. The molecule has 0 aromatic heterocycles. The molecule has 0 bridgehead atoms. The normalized spacial score (nSPS) is 16.4. The van der Waals surface area contributed by atoms with Gasteiger partial charge in [-0.05, 0) is 17.7 Å². The molecule has 0 atom stereocenters. The molecule has 6 nitrogen and oxygen atoms in total. The molecule has 0 unspecified atom stereocenters. The van der Waals surface area contributed by atoms with Gasteiger partial charge in [-0.1, -0.05) is 12.1 Å². The highest BCUT2D eigenvalue weighted by atomic mass is 16.4. The SMILES string of the molecule is O=C1CN(Cc2ccc(C(=O)O)cc2)CC(=O)N1. The average molecular weight is 248 g/mol. The lowest BCUT2D eigenvalue weighted by Crippen LogP contribution is -2.50. The lowest BCUT2D eigenvalue weighted by atomic mass is 10.1. The predicted molar refractivity (Wildman–Crippen MR) is 61.8 cm³/mol. The molecule has 1 aliphatic rings. The fourth-order valence-corrected chi connectivity index (χ4v) is 1.82. The average Bonchev–Trinajstić information content (AvgIpc) is 2.28. The van der Waals surface area contributed by atoms with Gasteiger partial charge in [-0.2, -0.15) is 0 Å². The lowest BCUT2D eigenvalue weighted by Gasteiger charge is -2.25. The molecule has 2 N–H and O–H groups in total. The van der Waals surface area contributed by atoms with Gasteiger partial charge in [-0.15, -0.1) is 0 Å². The largest absolute Gasteiger partial charge is 0.478 e. The van der Waals surface area contributed by atoms with Crippen molar-refractivity contribution in [1.82, 2.24) is 10.2 Å². The summed E-state index contributed by atoms with van der Waals surface area (Å²) in [6, 6.07) is 6.37. The van der Waals surface area contributed by atoms with Crippen molar-refractivity contribution in [3.63, 3.8) is 0 Å². The number of aromatic carboxylic acids is 1. The van der Waals surface area contributed by atoms with Crippen molar-refractivity contribution >= 4 is 17.8 Å². The third-order valence-corrected chi connectivity index (χ3v) is 2.62. The summed E-state index contributed by atoms with van der Waals surface area (Å²) in [7, 11) is 0. The number of benzene rings is 1. The Hall–Kier alpha value is -2.21. The molecular formula is C12H12N2O4. The molecule has 2 amide bonds.